The molecule has 0 radical (unpaired) electrons. The van der Waals surface area contributed by atoms with Gasteiger partial charge in [-0.1, -0.05) is 12.1 Å². The predicted octanol–water partition coefficient (Wildman–Crippen LogP) is 3.23. The van der Waals surface area contributed by atoms with Gasteiger partial charge in [0.2, 0.25) is 0 Å². The van der Waals surface area contributed by atoms with Crippen LogP contribution in [0.1, 0.15) is 38.1 Å². The number of thiol groups is 1. The van der Waals surface area contributed by atoms with Gasteiger partial charge >= 0.3 is 0 Å². The number of hydrogen-bond donors (Lipinski definition) is 1. The molecule has 0 heterocycles. The third kappa shape index (κ3) is 2.79. The molecule has 0 saturated carbocycles. The summed E-state index contributed by atoms with van der Waals surface area (Å²) >= 11 is 4.32. The Balaban J connectivity index is 3.05. The van der Waals surface area contributed by atoms with Crippen LogP contribution in [0.15, 0.2) is 29.2 Å². The Labute approximate surface area is 103 Å². The van der Waals surface area contributed by atoms with Crippen LogP contribution in [0.25, 0.3) is 0 Å². The molecule has 0 bridgehead atoms. The fourth-order valence-electron chi connectivity index (χ4n) is 1.86. The first kappa shape index (κ1) is 13.1. The Morgan fingerprint density at radius 1 is 1.12 bits per heavy atom. The number of benzene rings is 1. The highest BCUT2D eigenvalue weighted by Gasteiger charge is 2.22. The number of rotatable bonds is 3. The average Bonchev–Trinajstić information content (AvgIpc) is 2.16. The van der Waals surface area contributed by atoms with E-state index >= 15 is 0 Å². The Morgan fingerprint density at radius 3 is 2.06 bits per heavy atom. The molecule has 0 aliphatic carbocycles. The molecule has 1 aromatic rings. The lowest BCUT2D eigenvalue weighted by Gasteiger charge is -2.31. The van der Waals surface area contributed by atoms with E-state index in [0.717, 1.165) is 4.90 Å². The molecule has 0 spiro atoms. The van der Waals surface area contributed by atoms with Crippen LogP contribution in [-0.2, 0) is 0 Å². The molecule has 88 valence electrons. The highest BCUT2D eigenvalue weighted by Crippen LogP contribution is 2.18. The van der Waals surface area contributed by atoms with Crippen molar-refractivity contribution < 1.29 is 4.79 Å². The smallest absolute Gasteiger partial charge is 0.255 e. The topological polar surface area (TPSA) is 20.3 Å². The molecule has 0 aromatic heterocycles. The van der Waals surface area contributed by atoms with Crippen molar-refractivity contribution >= 4 is 18.5 Å². The first-order valence-corrected chi connectivity index (χ1v) is 6.00. The standard InChI is InChI=1S/C13H19NOS/c1-9(2)14(10(3)4)13(15)11-7-5-6-8-12(11)16/h5-10,16H,1-4H3. The molecule has 0 fully saturated rings. The van der Waals surface area contributed by atoms with Crippen LogP contribution in [0, 0.1) is 0 Å². The molecule has 1 amide bonds. The first-order valence-electron chi connectivity index (χ1n) is 5.55. The van der Waals surface area contributed by atoms with E-state index < -0.39 is 0 Å². The van der Waals surface area contributed by atoms with Crippen LogP contribution in [0.4, 0.5) is 0 Å². The van der Waals surface area contributed by atoms with Gasteiger partial charge in [0.15, 0.2) is 0 Å². The van der Waals surface area contributed by atoms with Gasteiger partial charge in [-0.3, -0.25) is 4.79 Å². The summed E-state index contributed by atoms with van der Waals surface area (Å²) in [7, 11) is 0. The zero-order valence-corrected chi connectivity index (χ0v) is 11.2. The van der Waals surface area contributed by atoms with Crippen LogP contribution in [-0.4, -0.2) is 22.9 Å². The molecule has 2 nitrogen and oxygen atoms in total. The monoisotopic (exact) mass is 237 g/mol. The van der Waals surface area contributed by atoms with Crippen molar-refractivity contribution in [3.05, 3.63) is 29.8 Å². The van der Waals surface area contributed by atoms with Crippen LogP contribution in [0.5, 0.6) is 0 Å². The SMILES string of the molecule is CC(C)N(C(=O)c1ccccc1S)C(C)C. The summed E-state index contributed by atoms with van der Waals surface area (Å²) in [6.45, 7) is 8.11. The van der Waals surface area contributed by atoms with E-state index in [1.165, 1.54) is 0 Å². The van der Waals surface area contributed by atoms with Crippen LogP contribution < -0.4 is 0 Å². The third-order valence-corrected chi connectivity index (χ3v) is 2.87. The fraction of sp³-hybridized carbons (Fsp3) is 0.462. The fourth-order valence-corrected chi connectivity index (χ4v) is 2.12. The Bertz CT molecular complexity index is 366. The summed E-state index contributed by atoms with van der Waals surface area (Å²) in [4.78, 5) is 14.9. The number of nitrogens with zero attached hydrogens (tertiary/aromatic N) is 1. The molecule has 0 saturated heterocycles. The third-order valence-electron chi connectivity index (χ3n) is 2.48. The van der Waals surface area contributed by atoms with E-state index in [4.69, 9.17) is 0 Å². The van der Waals surface area contributed by atoms with Gasteiger partial charge in [-0.25, -0.2) is 0 Å². The molecule has 0 aliphatic rings. The maximum atomic E-state index is 12.3. The summed E-state index contributed by atoms with van der Waals surface area (Å²) in [6, 6.07) is 7.80. The largest absolute Gasteiger partial charge is 0.334 e. The molecule has 0 atom stereocenters. The van der Waals surface area contributed by atoms with Crippen molar-refractivity contribution in [2.75, 3.05) is 0 Å². The molecular formula is C13H19NOS. The van der Waals surface area contributed by atoms with Crippen molar-refractivity contribution in [1.29, 1.82) is 0 Å². The zero-order chi connectivity index (χ0) is 12.3. The highest BCUT2D eigenvalue weighted by atomic mass is 32.1. The van der Waals surface area contributed by atoms with Crippen molar-refractivity contribution in [2.24, 2.45) is 0 Å². The molecular weight excluding hydrogens is 218 g/mol. The second kappa shape index (κ2) is 5.39. The molecule has 3 heteroatoms. The Hall–Kier alpha value is -0.960. The van der Waals surface area contributed by atoms with Gasteiger partial charge in [0.05, 0.1) is 5.56 Å². The molecule has 16 heavy (non-hydrogen) atoms. The molecule has 0 aliphatic heterocycles. The summed E-state index contributed by atoms with van der Waals surface area (Å²) in [6.07, 6.45) is 0. The van der Waals surface area contributed by atoms with Gasteiger partial charge in [0.1, 0.15) is 0 Å². The van der Waals surface area contributed by atoms with Gasteiger partial charge in [0, 0.05) is 17.0 Å². The Morgan fingerprint density at radius 2 is 1.62 bits per heavy atom. The lowest BCUT2D eigenvalue weighted by Crippen LogP contribution is -2.42. The van der Waals surface area contributed by atoms with E-state index in [2.05, 4.69) is 12.6 Å². The van der Waals surface area contributed by atoms with Gasteiger partial charge in [-0.15, -0.1) is 12.6 Å². The van der Waals surface area contributed by atoms with Gasteiger partial charge in [0.25, 0.3) is 5.91 Å². The number of carbonyl (C=O) groups is 1. The minimum Gasteiger partial charge on any atom is -0.334 e. The molecule has 1 rings (SSSR count). The minimum atomic E-state index is 0.0515. The predicted molar refractivity (Wildman–Crippen MR) is 70.1 cm³/mol. The van der Waals surface area contributed by atoms with Crippen molar-refractivity contribution in [2.45, 2.75) is 44.7 Å². The zero-order valence-electron chi connectivity index (χ0n) is 10.3. The van der Waals surface area contributed by atoms with Gasteiger partial charge < -0.3 is 4.90 Å². The van der Waals surface area contributed by atoms with Gasteiger partial charge in [-0.2, -0.15) is 0 Å². The average molecular weight is 237 g/mol. The summed E-state index contributed by atoms with van der Waals surface area (Å²) in [5, 5.41) is 0. The van der Waals surface area contributed by atoms with Crippen molar-refractivity contribution in [1.82, 2.24) is 4.90 Å². The van der Waals surface area contributed by atoms with Crippen LogP contribution >= 0.6 is 12.6 Å². The van der Waals surface area contributed by atoms with E-state index in [-0.39, 0.29) is 18.0 Å². The summed E-state index contributed by atoms with van der Waals surface area (Å²) < 4.78 is 0. The van der Waals surface area contributed by atoms with E-state index in [1.54, 1.807) is 0 Å². The Kier molecular flexibility index (Phi) is 4.42. The molecule has 1 aromatic carbocycles. The molecule has 0 unspecified atom stereocenters. The van der Waals surface area contributed by atoms with Crippen molar-refractivity contribution in [3.8, 4) is 0 Å². The first-order chi connectivity index (χ1) is 7.45. The van der Waals surface area contributed by atoms with Crippen LogP contribution in [0.2, 0.25) is 0 Å². The van der Waals surface area contributed by atoms with Gasteiger partial charge in [-0.05, 0) is 39.8 Å². The number of amides is 1. The maximum absolute atomic E-state index is 12.3. The number of carbonyl (C=O) groups excluding carboxylic acids is 1. The number of hydrogen-bond acceptors (Lipinski definition) is 2. The normalized spacial score (nSPS) is 10.9. The van der Waals surface area contributed by atoms with Crippen molar-refractivity contribution in [3.63, 3.8) is 0 Å². The second-order valence-electron chi connectivity index (χ2n) is 4.42. The second-order valence-corrected chi connectivity index (χ2v) is 4.90. The minimum absolute atomic E-state index is 0.0515. The lowest BCUT2D eigenvalue weighted by atomic mass is 10.1. The highest BCUT2D eigenvalue weighted by molar-refractivity contribution is 7.80. The maximum Gasteiger partial charge on any atom is 0.255 e. The lowest BCUT2D eigenvalue weighted by molar-refractivity contribution is 0.0640. The van der Waals surface area contributed by atoms with E-state index in [1.807, 2.05) is 56.9 Å². The van der Waals surface area contributed by atoms with Crippen LogP contribution in [0.3, 0.4) is 0 Å². The molecule has 0 N–H and O–H groups in total. The summed E-state index contributed by atoms with van der Waals surface area (Å²) in [5.41, 5.74) is 0.674. The quantitative estimate of drug-likeness (QED) is 0.800. The van der Waals surface area contributed by atoms with E-state index in [0.29, 0.717) is 5.56 Å². The summed E-state index contributed by atoms with van der Waals surface area (Å²) in [5.74, 6) is 0.0515. The van der Waals surface area contributed by atoms with E-state index in [9.17, 15) is 4.79 Å².